The number of nitrogens with zero attached hydrogens (tertiary/aromatic N) is 1. The van der Waals surface area contributed by atoms with Crippen LogP contribution in [0.2, 0.25) is 0 Å². The zero-order valence-electron chi connectivity index (χ0n) is 15.6. The Morgan fingerprint density at radius 3 is 2.54 bits per heavy atom. The highest BCUT2D eigenvalue weighted by Crippen LogP contribution is 2.28. The second kappa shape index (κ2) is 7.90. The van der Waals surface area contributed by atoms with Crippen molar-refractivity contribution in [3.8, 4) is 5.75 Å². The van der Waals surface area contributed by atoms with Crippen molar-refractivity contribution in [3.05, 3.63) is 70.8 Å². The fourth-order valence-electron chi connectivity index (χ4n) is 2.93. The predicted molar refractivity (Wildman–Crippen MR) is 109 cm³/mol. The minimum atomic E-state index is -3.78. The molecule has 0 bridgehead atoms. The molecule has 0 spiro atoms. The monoisotopic (exact) mass is 399 g/mol. The predicted octanol–water partition coefficient (Wildman–Crippen LogP) is 3.82. The molecule has 1 aromatic heterocycles. The van der Waals surface area contributed by atoms with Crippen molar-refractivity contribution in [2.24, 2.45) is 0 Å². The number of hydrogen-bond acceptors (Lipinski definition) is 4. The highest BCUT2D eigenvalue weighted by molar-refractivity contribution is 7.93. The zero-order chi connectivity index (χ0) is 20.3. The number of carboxylic acids is 1. The van der Waals surface area contributed by atoms with E-state index in [4.69, 9.17) is 9.84 Å². The van der Waals surface area contributed by atoms with Crippen molar-refractivity contribution in [1.82, 2.24) is 3.97 Å². The van der Waals surface area contributed by atoms with Gasteiger partial charge in [-0.15, -0.1) is 0 Å². The van der Waals surface area contributed by atoms with E-state index in [1.165, 1.54) is 17.3 Å². The van der Waals surface area contributed by atoms with Crippen LogP contribution in [-0.2, 0) is 21.2 Å². The molecule has 0 saturated carbocycles. The first-order valence-electron chi connectivity index (χ1n) is 8.70. The highest BCUT2D eigenvalue weighted by atomic mass is 32.2. The van der Waals surface area contributed by atoms with Gasteiger partial charge in [0.05, 0.1) is 18.0 Å². The lowest BCUT2D eigenvalue weighted by atomic mass is 10.1. The van der Waals surface area contributed by atoms with Gasteiger partial charge in [0.15, 0.2) is 0 Å². The molecule has 0 saturated heterocycles. The van der Waals surface area contributed by atoms with E-state index < -0.39 is 16.0 Å². The Kier molecular flexibility index (Phi) is 5.56. The smallest absolute Gasteiger partial charge is 0.303 e. The van der Waals surface area contributed by atoms with E-state index in [0.29, 0.717) is 22.2 Å². The standard InChI is InChI=1S/C21H21NO5S/c1-15-3-5-16(6-4-15)11-12-28(25,26)22-14-17(7-10-21(23)24)19-13-18(27-2)8-9-20(19)22/h3-6,8-9,11-14H,7,10H2,1-2H3,(H,23,24)/b12-11+. The molecule has 0 aliphatic carbocycles. The maximum absolute atomic E-state index is 12.9. The quantitative estimate of drug-likeness (QED) is 0.653. The third-order valence-electron chi connectivity index (χ3n) is 4.45. The number of aliphatic carboxylic acids is 1. The van der Waals surface area contributed by atoms with Gasteiger partial charge in [0.2, 0.25) is 0 Å². The van der Waals surface area contributed by atoms with Crippen LogP contribution >= 0.6 is 0 Å². The summed E-state index contributed by atoms with van der Waals surface area (Å²) in [6.07, 6.45) is 3.17. The summed E-state index contributed by atoms with van der Waals surface area (Å²) >= 11 is 0. The maximum atomic E-state index is 12.9. The molecule has 0 fully saturated rings. The van der Waals surface area contributed by atoms with E-state index in [1.807, 2.05) is 31.2 Å². The van der Waals surface area contributed by atoms with E-state index in [2.05, 4.69) is 0 Å². The normalized spacial score (nSPS) is 11.9. The maximum Gasteiger partial charge on any atom is 0.303 e. The molecule has 3 rings (SSSR count). The van der Waals surface area contributed by atoms with Crippen molar-refractivity contribution >= 4 is 33.0 Å². The Morgan fingerprint density at radius 1 is 1.18 bits per heavy atom. The van der Waals surface area contributed by atoms with Gasteiger partial charge in [0.25, 0.3) is 10.0 Å². The zero-order valence-corrected chi connectivity index (χ0v) is 16.4. The lowest BCUT2D eigenvalue weighted by Gasteiger charge is -2.04. The summed E-state index contributed by atoms with van der Waals surface area (Å²) in [5, 5.41) is 10.8. The Morgan fingerprint density at radius 2 is 1.89 bits per heavy atom. The Labute approximate surface area is 163 Å². The van der Waals surface area contributed by atoms with Crippen LogP contribution < -0.4 is 4.74 Å². The number of aromatic nitrogens is 1. The molecule has 0 aliphatic heterocycles. The first kappa shape index (κ1) is 19.7. The summed E-state index contributed by atoms with van der Waals surface area (Å²) in [5.41, 5.74) is 2.99. The summed E-state index contributed by atoms with van der Waals surface area (Å²) in [6, 6.07) is 12.6. The van der Waals surface area contributed by atoms with Crippen LogP contribution in [0.1, 0.15) is 23.1 Å². The number of carbonyl (C=O) groups is 1. The summed E-state index contributed by atoms with van der Waals surface area (Å²) in [5.74, 6) is -0.361. The number of aryl methyl sites for hydroxylation is 2. The lowest BCUT2D eigenvalue weighted by Crippen LogP contribution is -2.07. The highest BCUT2D eigenvalue weighted by Gasteiger charge is 2.18. The van der Waals surface area contributed by atoms with Crippen LogP contribution in [0.5, 0.6) is 5.75 Å². The molecule has 28 heavy (non-hydrogen) atoms. The molecule has 0 aliphatic rings. The summed E-state index contributed by atoms with van der Waals surface area (Å²) < 4.78 is 32.2. The second-order valence-electron chi connectivity index (χ2n) is 6.49. The Hall–Kier alpha value is -3.06. The van der Waals surface area contributed by atoms with Crippen molar-refractivity contribution in [1.29, 1.82) is 0 Å². The molecule has 7 heteroatoms. The molecule has 3 aromatic rings. The summed E-state index contributed by atoms with van der Waals surface area (Å²) in [7, 11) is -2.26. The number of ether oxygens (including phenoxy) is 1. The fraction of sp³-hybridized carbons (Fsp3) is 0.190. The van der Waals surface area contributed by atoms with Crippen LogP contribution in [0.25, 0.3) is 17.0 Å². The van der Waals surface area contributed by atoms with Crippen LogP contribution in [0.15, 0.2) is 54.1 Å². The SMILES string of the molecule is COc1ccc2c(c1)c(CCC(=O)O)cn2S(=O)(=O)/C=C/c1ccc(C)cc1. The molecule has 1 N–H and O–H groups in total. The van der Waals surface area contributed by atoms with Gasteiger partial charge in [0.1, 0.15) is 5.75 Å². The molecule has 0 unspecified atom stereocenters. The number of rotatable bonds is 7. The molecule has 0 radical (unpaired) electrons. The Balaban J connectivity index is 2.05. The van der Waals surface area contributed by atoms with Gasteiger partial charge in [-0.05, 0) is 48.7 Å². The van der Waals surface area contributed by atoms with Crippen molar-refractivity contribution < 1.29 is 23.1 Å². The third kappa shape index (κ3) is 4.26. The summed E-state index contributed by atoms with van der Waals surface area (Å²) in [4.78, 5) is 11.0. The van der Waals surface area contributed by atoms with Crippen LogP contribution in [-0.4, -0.2) is 30.6 Å². The van der Waals surface area contributed by atoms with Gasteiger partial charge in [0, 0.05) is 18.0 Å². The number of methoxy groups -OCH3 is 1. The van der Waals surface area contributed by atoms with Crippen molar-refractivity contribution in [3.63, 3.8) is 0 Å². The fourth-order valence-corrected chi connectivity index (χ4v) is 4.10. The van der Waals surface area contributed by atoms with Gasteiger partial charge in [-0.2, -0.15) is 0 Å². The van der Waals surface area contributed by atoms with Crippen LogP contribution in [0, 0.1) is 6.92 Å². The topological polar surface area (TPSA) is 85.6 Å². The summed E-state index contributed by atoms with van der Waals surface area (Å²) in [6.45, 7) is 1.96. The van der Waals surface area contributed by atoms with E-state index in [-0.39, 0.29) is 12.8 Å². The van der Waals surface area contributed by atoms with Gasteiger partial charge < -0.3 is 9.84 Å². The van der Waals surface area contributed by atoms with Crippen molar-refractivity contribution in [2.45, 2.75) is 19.8 Å². The first-order chi connectivity index (χ1) is 13.3. The number of carboxylic acid groups (broad SMARTS) is 1. The minimum absolute atomic E-state index is 0.0877. The molecule has 1 heterocycles. The largest absolute Gasteiger partial charge is 0.497 e. The number of benzene rings is 2. The molecule has 0 atom stereocenters. The van der Waals surface area contributed by atoms with Crippen molar-refractivity contribution in [2.75, 3.05) is 7.11 Å². The van der Waals surface area contributed by atoms with Crippen LogP contribution in [0.3, 0.4) is 0 Å². The molecule has 0 amide bonds. The van der Waals surface area contributed by atoms with E-state index >= 15 is 0 Å². The third-order valence-corrected chi connectivity index (χ3v) is 5.78. The number of fused-ring (bicyclic) bond motifs is 1. The van der Waals surface area contributed by atoms with Crippen LogP contribution in [0.4, 0.5) is 0 Å². The molecule has 6 nitrogen and oxygen atoms in total. The molecule has 2 aromatic carbocycles. The van der Waals surface area contributed by atoms with Gasteiger partial charge >= 0.3 is 5.97 Å². The van der Waals surface area contributed by atoms with E-state index in [9.17, 15) is 13.2 Å². The van der Waals surface area contributed by atoms with E-state index in [1.54, 1.807) is 24.3 Å². The Bertz CT molecular complexity index is 1140. The second-order valence-corrected chi connectivity index (χ2v) is 8.18. The lowest BCUT2D eigenvalue weighted by molar-refractivity contribution is -0.136. The average molecular weight is 399 g/mol. The number of hydrogen-bond donors (Lipinski definition) is 1. The molecular formula is C21H21NO5S. The minimum Gasteiger partial charge on any atom is -0.497 e. The van der Waals surface area contributed by atoms with E-state index in [0.717, 1.165) is 16.5 Å². The van der Waals surface area contributed by atoms with Gasteiger partial charge in [-0.25, -0.2) is 12.4 Å². The molecular weight excluding hydrogens is 378 g/mol. The molecule has 146 valence electrons. The van der Waals surface area contributed by atoms with Gasteiger partial charge in [-0.3, -0.25) is 4.79 Å². The average Bonchev–Trinajstić information content (AvgIpc) is 3.04. The van der Waals surface area contributed by atoms with Gasteiger partial charge in [-0.1, -0.05) is 29.8 Å². The first-order valence-corrected chi connectivity index (χ1v) is 10.2.